The number of nitrogens with one attached hydrogen (secondary N) is 1. The van der Waals surface area contributed by atoms with E-state index in [2.05, 4.69) is 63.2 Å². The van der Waals surface area contributed by atoms with E-state index in [-0.39, 0.29) is 6.04 Å². The molecule has 1 unspecified atom stereocenters. The van der Waals surface area contributed by atoms with Gasteiger partial charge in [-0.1, -0.05) is 17.7 Å². The van der Waals surface area contributed by atoms with Crippen LogP contribution in [-0.2, 0) is 0 Å². The van der Waals surface area contributed by atoms with Crippen LogP contribution in [-0.4, -0.2) is 7.05 Å². The molecule has 1 N–H and O–H groups in total. The van der Waals surface area contributed by atoms with Crippen LogP contribution in [0.15, 0.2) is 25.8 Å². The van der Waals surface area contributed by atoms with Crippen molar-refractivity contribution < 1.29 is 0 Å². The summed E-state index contributed by atoms with van der Waals surface area (Å²) in [5.74, 6) is 0. The van der Waals surface area contributed by atoms with Gasteiger partial charge in [0.15, 0.2) is 0 Å². The molecule has 0 aliphatic carbocycles. The molecule has 19 heavy (non-hydrogen) atoms. The number of aryl methyl sites for hydroxylation is 2. The topological polar surface area (TPSA) is 12.0 Å². The first-order chi connectivity index (χ1) is 8.93. The van der Waals surface area contributed by atoms with Gasteiger partial charge in [0.05, 0.1) is 13.6 Å². The Kier molecular flexibility index (Phi) is 5.12. The molecule has 0 bridgehead atoms. The zero-order valence-corrected chi connectivity index (χ0v) is 15.6. The molecule has 2 aromatic rings. The van der Waals surface area contributed by atoms with E-state index in [0.717, 1.165) is 18.2 Å². The lowest BCUT2D eigenvalue weighted by atomic mass is 9.97. The highest BCUT2D eigenvalue weighted by atomic mass is 79.9. The summed E-state index contributed by atoms with van der Waals surface area (Å²) in [5, 5.41) is 4.15. The van der Waals surface area contributed by atoms with E-state index in [4.69, 9.17) is 11.6 Å². The third-order valence-corrected chi connectivity index (χ3v) is 5.92. The molecule has 2 rings (SSSR count). The summed E-state index contributed by atoms with van der Waals surface area (Å²) >= 11 is 15.2. The summed E-state index contributed by atoms with van der Waals surface area (Å²) in [6.07, 6.45) is 0. The summed E-state index contributed by atoms with van der Waals surface area (Å²) in [4.78, 5) is 0. The van der Waals surface area contributed by atoms with E-state index in [1.54, 1.807) is 11.3 Å². The summed E-state index contributed by atoms with van der Waals surface area (Å²) in [5.41, 5.74) is 4.78. The fraction of sp³-hybridized carbons (Fsp3) is 0.286. The molecule has 1 atom stereocenters. The van der Waals surface area contributed by atoms with Gasteiger partial charge in [0.2, 0.25) is 0 Å². The molecular weight excluding hydrogens is 409 g/mol. The highest BCUT2D eigenvalue weighted by Crippen LogP contribution is 2.39. The lowest BCUT2D eigenvalue weighted by molar-refractivity contribution is 0.691. The van der Waals surface area contributed by atoms with Crippen LogP contribution in [0.3, 0.4) is 0 Å². The van der Waals surface area contributed by atoms with Gasteiger partial charge in [-0.15, -0.1) is 11.3 Å². The van der Waals surface area contributed by atoms with Crippen molar-refractivity contribution in [2.24, 2.45) is 0 Å². The van der Waals surface area contributed by atoms with Crippen LogP contribution in [0.25, 0.3) is 0 Å². The Hall–Kier alpha value is 0.130. The zero-order valence-electron chi connectivity index (χ0n) is 10.9. The Morgan fingerprint density at radius 2 is 1.74 bits per heavy atom. The Labute approximate surface area is 139 Å². The Bertz CT molecular complexity index is 610. The Balaban J connectivity index is 2.54. The number of hydrogen-bond acceptors (Lipinski definition) is 2. The monoisotopic (exact) mass is 421 g/mol. The van der Waals surface area contributed by atoms with Crippen molar-refractivity contribution in [2.75, 3.05) is 7.05 Å². The van der Waals surface area contributed by atoms with Gasteiger partial charge in [-0.3, -0.25) is 0 Å². The van der Waals surface area contributed by atoms with E-state index in [1.165, 1.54) is 16.7 Å². The molecule has 1 aromatic carbocycles. The van der Waals surface area contributed by atoms with Crippen molar-refractivity contribution in [2.45, 2.75) is 19.9 Å². The van der Waals surface area contributed by atoms with Crippen LogP contribution in [0.2, 0.25) is 5.02 Å². The second kappa shape index (κ2) is 6.27. The quantitative estimate of drug-likeness (QED) is 0.653. The van der Waals surface area contributed by atoms with Gasteiger partial charge in [-0.05, 0) is 87.1 Å². The van der Waals surface area contributed by atoms with Crippen molar-refractivity contribution in [1.29, 1.82) is 0 Å². The fourth-order valence-electron chi connectivity index (χ4n) is 2.05. The maximum absolute atomic E-state index is 6.42. The summed E-state index contributed by atoms with van der Waals surface area (Å²) in [6.45, 7) is 4.19. The van der Waals surface area contributed by atoms with Crippen LogP contribution in [0, 0.1) is 13.8 Å². The largest absolute Gasteiger partial charge is 0.309 e. The Morgan fingerprint density at radius 1 is 1.11 bits per heavy atom. The third kappa shape index (κ3) is 3.24. The first kappa shape index (κ1) is 15.5. The van der Waals surface area contributed by atoms with Gasteiger partial charge in [0, 0.05) is 5.02 Å². The fourth-order valence-corrected chi connectivity index (χ4v) is 5.28. The van der Waals surface area contributed by atoms with Crippen LogP contribution in [0.5, 0.6) is 0 Å². The second-order valence-corrected chi connectivity index (χ2v) is 8.62. The highest BCUT2D eigenvalue weighted by Gasteiger charge is 2.20. The minimum atomic E-state index is 0.0868. The average molecular weight is 424 g/mol. The van der Waals surface area contributed by atoms with Crippen molar-refractivity contribution in [1.82, 2.24) is 5.32 Å². The molecule has 0 saturated carbocycles. The standard InChI is InChI=1S/C14H14Br2ClNS/c1-7-4-9(11(17)5-8(7)2)13(18-3)10-6-12(15)19-14(10)16/h4-6,13,18H,1-3H3. The van der Waals surface area contributed by atoms with Gasteiger partial charge < -0.3 is 5.32 Å². The first-order valence-electron chi connectivity index (χ1n) is 5.82. The SMILES string of the molecule is CNC(c1cc(C)c(C)cc1Cl)c1cc(Br)sc1Br. The van der Waals surface area contributed by atoms with E-state index in [0.29, 0.717) is 0 Å². The van der Waals surface area contributed by atoms with Gasteiger partial charge in [0.1, 0.15) is 0 Å². The van der Waals surface area contributed by atoms with Gasteiger partial charge in [-0.25, -0.2) is 0 Å². The molecule has 0 saturated heterocycles. The Morgan fingerprint density at radius 3 is 2.26 bits per heavy atom. The predicted octanol–water partition coefficient (Wildman–Crippen LogP) is 5.85. The molecule has 1 nitrogen and oxygen atoms in total. The maximum atomic E-state index is 6.42. The molecule has 0 aliphatic heterocycles. The first-order valence-corrected chi connectivity index (χ1v) is 8.60. The minimum absolute atomic E-state index is 0.0868. The van der Waals surface area contributed by atoms with Crippen LogP contribution in [0.4, 0.5) is 0 Å². The summed E-state index contributed by atoms with van der Waals surface area (Å²) in [6, 6.07) is 6.41. The smallest absolute Gasteiger partial charge is 0.0761 e. The van der Waals surface area contributed by atoms with E-state index < -0.39 is 0 Å². The van der Waals surface area contributed by atoms with Gasteiger partial charge in [-0.2, -0.15) is 0 Å². The van der Waals surface area contributed by atoms with E-state index in [1.807, 2.05) is 13.1 Å². The molecule has 5 heteroatoms. The van der Waals surface area contributed by atoms with Crippen molar-refractivity contribution in [3.63, 3.8) is 0 Å². The molecule has 0 aliphatic rings. The molecule has 1 heterocycles. The van der Waals surface area contributed by atoms with Crippen molar-refractivity contribution >= 4 is 54.8 Å². The van der Waals surface area contributed by atoms with Crippen molar-refractivity contribution in [3.8, 4) is 0 Å². The molecular formula is C14H14Br2ClNS. The average Bonchev–Trinajstić information content (AvgIpc) is 2.66. The number of thiophene rings is 1. The highest BCUT2D eigenvalue weighted by molar-refractivity contribution is 9.12. The molecule has 0 amide bonds. The maximum Gasteiger partial charge on any atom is 0.0761 e. The lowest BCUT2D eigenvalue weighted by Crippen LogP contribution is -2.18. The lowest BCUT2D eigenvalue weighted by Gasteiger charge is -2.19. The third-order valence-electron chi connectivity index (χ3n) is 3.21. The number of hydrogen-bond donors (Lipinski definition) is 1. The normalized spacial score (nSPS) is 12.7. The second-order valence-electron chi connectivity index (χ2n) is 4.46. The minimum Gasteiger partial charge on any atom is -0.309 e. The summed E-state index contributed by atoms with van der Waals surface area (Å²) in [7, 11) is 1.95. The van der Waals surface area contributed by atoms with Crippen LogP contribution in [0.1, 0.15) is 28.3 Å². The number of rotatable bonds is 3. The molecule has 0 spiro atoms. The number of halogens is 3. The molecule has 0 fully saturated rings. The van der Waals surface area contributed by atoms with E-state index in [9.17, 15) is 0 Å². The zero-order chi connectivity index (χ0) is 14.2. The number of benzene rings is 1. The van der Waals surface area contributed by atoms with E-state index >= 15 is 0 Å². The van der Waals surface area contributed by atoms with Crippen molar-refractivity contribution in [3.05, 3.63) is 53.0 Å². The predicted molar refractivity (Wildman–Crippen MR) is 91.5 cm³/mol. The molecule has 0 radical (unpaired) electrons. The van der Waals surface area contributed by atoms with Crippen LogP contribution < -0.4 is 5.32 Å². The van der Waals surface area contributed by atoms with Crippen LogP contribution >= 0.6 is 54.8 Å². The molecule has 1 aromatic heterocycles. The summed E-state index contributed by atoms with van der Waals surface area (Å²) < 4.78 is 2.22. The van der Waals surface area contributed by atoms with Gasteiger partial charge >= 0.3 is 0 Å². The molecule has 102 valence electrons. The van der Waals surface area contributed by atoms with Gasteiger partial charge in [0.25, 0.3) is 0 Å².